The van der Waals surface area contributed by atoms with Gasteiger partial charge in [-0.05, 0) is 49.3 Å². The Morgan fingerprint density at radius 2 is 1.67 bits per heavy atom. The van der Waals surface area contributed by atoms with Crippen molar-refractivity contribution in [2.45, 2.75) is 57.9 Å². The number of nitrogens with one attached hydrogen (secondary N) is 1. The van der Waals surface area contributed by atoms with Crippen molar-refractivity contribution >= 4 is 11.8 Å². The van der Waals surface area contributed by atoms with Crippen LogP contribution in [0.2, 0.25) is 0 Å². The van der Waals surface area contributed by atoms with Crippen LogP contribution in [0, 0.1) is 5.92 Å². The lowest BCUT2D eigenvalue weighted by molar-refractivity contribution is -0.139. The Morgan fingerprint density at radius 1 is 1.04 bits per heavy atom. The molecule has 0 radical (unpaired) electrons. The Labute approximate surface area is 144 Å². The molecule has 1 aromatic rings. The van der Waals surface area contributed by atoms with E-state index in [9.17, 15) is 9.59 Å². The molecule has 1 N–H and O–H groups in total. The van der Waals surface area contributed by atoms with Gasteiger partial charge in [-0.2, -0.15) is 0 Å². The summed E-state index contributed by atoms with van der Waals surface area (Å²) in [5, 5.41) is 3.12. The van der Waals surface area contributed by atoms with Crippen LogP contribution in [0.25, 0.3) is 0 Å². The van der Waals surface area contributed by atoms with Crippen LogP contribution in [0.1, 0.15) is 67.8 Å². The van der Waals surface area contributed by atoms with Gasteiger partial charge in [0.15, 0.2) is 0 Å². The fourth-order valence-corrected chi connectivity index (χ4v) is 3.45. The fraction of sp³-hybridized carbons (Fsp3) is 0.600. The highest BCUT2D eigenvalue weighted by Crippen LogP contribution is 2.29. The van der Waals surface area contributed by atoms with E-state index in [1.165, 1.54) is 12.0 Å². The number of hydrogen-bond donors (Lipinski definition) is 1. The van der Waals surface area contributed by atoms with Gasteiger partial charge in [-0.3, -0.25) is 9.59 Å². The van der Waals surface area contributed by atoms with Crippen molar-refractivity contribution in [3.8, 4) is 0 Å². The van der Waals surface area contributed by atoms with E-state index in [1.807, 2.05) is 29.2 Å². The number of rotatable bonds is 4. The lowest BCUT2D eigenvalue weighted by Crippen LogP contribution is -2.48. The molecule has 2 aliphatic rings. The lowest BCUT2D eigenvalue weighted by Gasteiger charge is -2.36. The van der Waals surface area contributed by atoms with Crippen LogP contribution >= 0.6 is 0 Å². The zero-order valence-electron chi connectivity index (χ0n) is 14.8. The smallest absolute Gasteiger partial charge is 0.251 e. The molecule has 1 saturated carbocycles. The number of hydrogen-bond acceptors (Lipinski definition) is 2. The number of benzene rings is 1. The SMILES string of the molecule is CC(C)c1ccc(C(=O)NC2CCN(C(=O)C3CCC3)CC2)cc1. The van der Waals surface area contributed by atoms with Gasteiger partial charge in [0.2, 0.25) is 5.91 Å². The summed E-state index contributed by atoms with van der Waals surface area (Å²) < 4.78 is 0. The van der Waals surface area contributed by atoms with Gasteiger partial charge < -0.3 is 10.2 Å². The van der Waals surface area contributed by atoms with Crippen molar-refractivity contribution in [3.63, 3.8) is 0 Å². The van der Waals surface area contributed by atoms with Gasteiger partial charge in [0.05, 0.1) is 0 Å². The van der Waals surface area contributed by atoms with Gasteiger partial charge >= 0.3 is 0 Å². The van der Waals surface area contributed by atoms with Gasteiger partial charge in [0.25, 0.3) is 5.91 Å². The molecule has 0 unspecified atom stereocenters. The number of piperidine rings is 1. The highest BCUT2D eigenvalue weighted by molar-refractivity contribution is 5.94. The number of nitrogens with zero attached hydrogens (tertiary/aromatic N) is 1. The molecular weight excluding hydrogens is 300 g/mol. The van der Waals surface area contributed by atoms with E-state index in [2.05, 4.69) is 19.2 Å². The van der Waals surface area contributed by atoms with Crippen molar-refractivity contribution < 1.29 is 9.59 Å². The highest BCUT2D eigenvalue weighted by Gasteiger charge is 2.31. The first kappa shape index (κ1) is 17.0. The summed E-state index contributed by atoms with van der Waals surface area (Å²) in [6.45, 7) is 5.83. The predicted octanol–water partition coefficient (Wildman–Crippen LogP) is 3.33. The highest BCUT2D eigenvalue weighted by atomic mass is 16.2. The maximum atomic E-state index is 12.4. The molecule has 0 bridgehead atoms. The van der Waals surface area contributed by atoms with E-state index in [0.29, 0.717) is 17.4 Å². The fourth-order valence-electron chi connectivity index (χ4n) is 3.45. The first-order chi connectivity index (χ1) is 11.5. The minimum absolute atomic E-state index is 0.00549. The van der Waals surface area contributed by atoms with E-state index < -0.39 is 0 Å². The van der Waals surface area contributed by atoms with Crippen LogP contribution in [-0.4, -0.2) is 35.8 Å². The molecule has 0 aromatic heterocycles. The topological polar surface area (TPSA) is 49.4 Å². The minimum atomic E-state index is -0.00549. The zero-order chi connectivity index (χ0) is 17.1. The molecule has 2 fully saturated rings. The average Bonchev–Trinajstić information content (AvgIpc) is 2.54. The van der Waals surface area contributed by atoms with Gasteiger partial charge in [0, 0.05) is 30.6 Å². The van der Waals surface area contributed by atoms with Gasteiger partial charge in [-0.1, -0.05) is 32.4 Å². The molecule has 130 valence electrons. The Bertz CT molecular complexity index is 582. The third kappa shape index (κ3) is 3.80. The monoisotopic (exact) mass is 328 g/mol. The van der Waals surface area contributed by atoms with Crippen molar-refractivity contribution in [1.82, 2.24) is 10.2 Å². The summed E-state index contributed by atoms with van der Waals surface area (Å²) in [6, 6.07) is 8.03. The molecule has 1 heterocycles. The molecule has 4 heteroatoms. The van der Waals surface area contributed by atoms with Crippen molar-refractivity contribution in [2.75, 3.05) is 13.1 Å². The van der Waals surface area contributed by atoms with Crippen LogP contribution in [0.15, 0.2) is 24.3 Å². The molecule has 1 aliphatic heterocycles. The van der Waals surface area contributed by atoms with Crippen molar-refractivity contribution in [1.29, 1.82) is 0 Å². The maximum Gasteiger partial charge on any atom is 0.251 e. The van der Waals surface area contributed by atoms with Crippen molar-refractivity contribution in [2.24, 2.45) is 5.92 Å². The second kappa shape index (κ2) is 7.37. The van der Waals surface area contributed by atoms with Gasteiger partial charge in [0.1, 0.15) is 0 Å². The first-order valence-electron chi connectivity index (χ1n) is 9.24. The third-order valence-electron chi connectivity index (χ3n) is 5.44. The van der Waals surface area contributed by atoms with E-state index in [4.69, 9.17) is 0 Å². The second-order valence-electron chi connectivity index (χ2n) is 7.48. The Balaban J connectivity index is 1.48. The van der Waals surface area contributed by atoms with E-state index in [-0.39, 0.29) is 17.9 Å². The second-order valence-corrected chi connectivity index (χ2v) is 7.48. The first-order valence-corrected chi connectivity index (χ1v) is 9.24. The molecule has 1 saturated heterocycles. The normalized spacial score (nSPS) is 19.2. The quantitative estimate of drug-likeness (QED) is 0.921. The predicted molar refractivity (Wildman–Crippen MR) is 94.9 cm³/mol. The number of carbonyl (C=O) groups excluding carboxylic acids is 2. The number of carbonyl (C=O) groups is 2. The molecular formula is C20H28N2O2. The summed E-state index contributed by atoms with van der Waals surface area (Å²) in [4.78, 5) is 26.6. The molecule has 0 atom stereocenters. The van der Waals surface area contributed by atoms with E-state index in [0.717, 1.165) is 38.8 Å². The summed E-state index contributed by atoms with van der Waals surface area (Å²) in [6.07, 6.45) is 5.02. The summed E-state index contributed by atoms with van der Waals surface area (Å²) >= 11 is 0. The van der Waals surface area contributed by atoms with Crippen LogP contribution in [0.4, 0.5) is 0 Å². The minimum Gasteiger partial charge on any atom is -0.349 e. The lowest BCUT2D eigenvalue weighted by atomic mass is 9.84. The maximum absolute atomic E-state index is 12.4. The van der Waals surface area contributed by atoms with Gasteiger partial charge in [-0.25, -0.2) is 0 Å². The standard InChI is InChI=1S/C20H28N2O2/c1-14(2)15-6-8-16(9-7-15)19(23)21-18-10-12-22(13-11-18)20(24)17-4-3-5-17/h6-9,14,17-18H,3-5,10-13H2,1-2H3,(H,21,23). The molecule has 1 aliphatic carbocycles. The molecule has 1 aromatic carbocycles. The Kier molecular flexibility index (Phi) is 5.22. The molecule has 3 rings (SSSR count). The van der Waals surface area contributed by atoms with Crippen molar-refractivity contribution in [3.05, 3.63) is 35.4 Å². The Morgan fingerprint density at radius 3 is 2.17 bits per heavy atom. The Hall–Kier alpha value is -1.84. The van der Waals surface area contributed by atoms with Crippen LogP contribution in [-0.2, 0) is 4.79 Å². The molecule has 4 nitrogen and oxygen atoms in total. The van der Waals surface area contributed by atoms with E-state index >= 15 is 0 Å². The largest absolute Gasteiger partial charge is 0.349 e. The average molecular weight is 328 g/mol. The number of likely N-dealkylation sites (tertiary alicyclic amines) is 1. The summed E-state index contributed by atoms with van der Waals surface area (Å²) in [7, 11) is 0. The summed E-state index contributed by atoms with van der Waals surface area (Å²) in [5.41, 5.74) is 1.96. The van der Waals surface area contributed by atoms with Crippen LogP contribution < -0.4 is 5.32 Å². The summed E-state index contributed by atoms with van der Waals surface area (Å²) in [5.74, 6) is 1.07. The zero-order valence-corrected chi connectivity index (χ0v) is 14.8. The molecule has 2 amide bonds. The molecule has 0 spiro atoms. The van der Waals surface area contributed by atoms with E-state index in [1.54, 1.807) is 0 Å². The molecule has 24 heavy (non-hydrogen) atoms. The van der Waals surface area contributed by atoms with Gasteiger partial charge in [-0.15, -0.1) is 0 Å². The van der Waals surface area contributed by atoms with Crippen LogP contribution in [0.5, 0.6) is 0 Å². The number of amides is 2. The van der Waals surface area contributed by atoms with Crippen LogP contribution in [0.3, 0.4) is 0 Å². The third-order valence-corrected chi connectivity index (χ3v) is 5.44.